The van der Waals surface area contributed by atoms with Crippen molar-refractivity contribution in [3.63, 3.8) is 0 Å². The zero-order chi connectivity index (χ0) is 9.97. The lowest BCUT2D eigenvalue weighted by atomic mass is 10.1. The number of fused-ring (bicyclic) bond motifs is 1. The van der Waals surface area contributed by atoms with Gasteiger partial charge in [0.05, 0.1) is 11.4 Å². The first-order valence-corrected chi connectivity index (χ1v) is 6.08. The van der Waals surface area contributed by atoms with Crippen molar-refractivity contribution in [1.82, 2.24) is 0 Å². The molecule has 1 aliphatic heterocycles. The molecule has 2 rings (SSSR count). The zero-order valence-corrected chi connectivity index (χ0v) is 9.33. The first-order valence-electron chi connectivity index (χ1n) is 4.46. The van der Waals surface area contributed by atoms with Crippen molar-refractivity contribution in [2.24, 2.45) is 0 Å². The third kappa shape index (κ3) is 2.07. The minimum absolute atomic E-state index is 0.0874. The number of amides is 1. The summed E-state index contributed by atoms with van der Waals surface area (Å²) in [6, 6.07) is 6.15. The quantitative estimate of drug-likeness (QED) is 0.756. The van der Waals surface area contributed by atoms with Crippen molar-refractivity contribution in [3.05, 3.63) is 23.8 Å². The average molecular weight is 225 g/mol. The van der Waals surface area contributed by atoms with E-state index >= 15 is 0 Å². The third-order valence-corrected chi connectivity index (χ3v) is 3.36. The maximum atomic E-state index is 11.1. The van der Waals surface area contributed by atoms with Crippen LogP contribution in [0.15, 0.2) is 23.1 Å². The molecule has 0 aliphatic carbocycles. The summed E-state index contributed by atoms with van der Waals surface area (Å²) in [5, 5.41) is 2.85. The second-order valence-electron chi connectivity index (χ2n) is 3.14. The van der Waals surface area contributed by atoms with Crippen molar-refractivity contribution in [2.75, 3.05) is 16.8 Å². The van der Waals surface area contributed by atoms with Crippen LogP contribution in [0, 0.1) is 0 Å². The summed E-state index contributed by atoms with van der Waals surface area (Å²) < 4.78 is 0. The summed E-state index contributed by atoms with van der Waals surface area (Å²) in [4.78, 5) is 12.3. The van der Waals surface area contributed by atoms with E-state index in [4.69, 9.17) is 0 Å². The molecule has 0 radical (unpaired) electrons. The Morgan fingerprint density at radius 3 is 3.14 bits per heavy atom. The van der Waals surface area contributed by atoms with E-state index < -0.39 is 0 Å². The van der Waals surface area contributed by atoms with Crippen LogP contribution < -0.4 is 5.32 Å². The predicted octanol–water partition coefficient (Wildman–Crippen LogP) is 2.20. The maximum Gasteiger partial charge on any atom is 0.234 e. The van der Waals surface area contributed by atoms with Gasteiger partial charge in [0.25, 0.3) is 0 Å². The lowest BCUT2D eigenvalue weighted by molar-refractivity contribution is -0.113. The predicted molar refractivity (Wildman–Crippen MR) is 63.4 cm³/mol. The van der Waals surface area contributed by atoms with Crippen LogP contribution in [-0.2, 0) is 11.2 Å². The molecule has 74 valence electrons. The molecule has 0 saturated carbocycles. The normalized spacial score (nSPS) is 14.8. The van der Waals surface area contributed by atoms with Crippen LogP contribution in [0.4, 0.5) is 5.69 Å². The van der Waals surface area contributed by atoms with E-state index in [0.717, 1.165) is 17.9 Å². The largest absolute Gasteiger partial charge is 0.324 e. The van der Waals surface area contributed by atoms with Crippen LogP contribution in [-0.4, -0.2) is 17.4 Å². The number of rotatable bonds is 2. The SMILES string of the molecule is O=C1CSc2cc(CCS)ccc2N1. The van der Waals surface area contributed by atoms with Gasteiger partial charge in [0, 0.05) is 4.90 Å². The van der Waals surface area contributed by atoms with Gasteiger partial charge in [0.1, 0.15) is 0 Å². The van der Waals surface area contributed by atoms with Crippen LogP contribution in [0.2, 0.25) is 0 Å². The highest BCUT2D eigenvalue weighted by molar-refractivity contribution is 8.00. The number of hydrogen-bond donors (Lipinski definition) is 2. The van der Waals surface area contributed by atoms with E-state index in [2.05, 4.69) is 24.0 Å². The van der Waals surface area contributed by atoms with E-state index in [9.17, 15) is 4.79 Å². The average Bonchev–Trinajstić information content (AvgIpc) is 2.19. The molecule has 1 amide bonds. The van der Waals surface area contributed by atoms with Crippen molar-refractivity contribution < 1.29 is 4.79 Å². The van der Waals surface area contributed by atoms with Gasteiger partial charge in [-0.1, -0.05) is 6.07 Å². The van der Waals surface area contributed by atoms with Gasteiger partial charge in [-0.15, -0.1) is 11.8 Å². The van der Waals surface area contributed by atoms with Crippen LogP contribution in [0.5, 0.6) is 0 Å². The van der Waals surface area contributed by atoms with E-state index in [1.54, 1.807) is 11.8 Å². The molecule has 4 heteroatoms. The first kappa shape index (κ1) is 9.93. The summed E-state index contributed by atoms with van der Waals surface area (Å²) in [5.41, 5.74) is 2.22. The van der Waals surface area contributed by atoms with E-state index in [-0.39, 0.29) is 5.91 Å². The minimum atomic E-state index is 0.0874. The number of thiol groups is 1. The van der Waals surface area contributed by atoms with E-state index in [1.165, 1.54) is 10.5 Å². The maximum absolute atomic E-state index is 11.1. The first-order chi connectivity index (χ1) is 6.79. The molecule has 1 aromatic rings. The molecular formula is C10H11NOS2. The Morgan fingerprint density at radius 1 is 1.50 bits per heavy atom. The van der Waals surface area contributed by atoms with Crippen LogP contribution in [0.3, 0.4) is 0 Å². The van der Waals surface area contributed by atoms with E-state index in [1.807, 2.05) is 12.1 Å². The summed E-state index contributed by atoms with van der Waals surface area (Å²) >= 11 is 5.80. The molecule has 14 heavy (non-hydrogen) atoms. The number of thioether (sulfide) groups is 1. The number of anilines is 1. The molecule has 1 aliphatic rings. The molecule has 0 atom stereocenters. The van der Waals surface area contributed by atoms with Gasteiger partial charge < -0.3 is 5.32 Å². The minimum Gasteiger partial charge on any atom is -0.324 e. The van der Waals surface area contributed by atoms with Crippen LogP contribution in [0.25, 0.3) is 0 Å². The van der Waals surface area contributed by atoms with Gasteiger partial charge in [-0.25, -0.2) is 0 Å². The van der Waals surface area contributed by atoms with Crippen molar-refractivity contribution in [3.8, 4) is 0 Å². The molecular weight excluding hydrogens is 214 g/mol. The Kier molecular flexibility index (Phi) is 3.03. The van der Waals surface area contributed by atoms with Crippen LogP contribution in [0.1, 0.15) is 5.56 Å². The molecule has 0 spiro atoms. The highest BCUT2D eigenvalue weighted by Gasteiger charge is 2.14. The summed E-state index contributed by atoms with van der Waals surface area (Å²) in [5.74, 6) is 1.47. The molecule has 0 saturated heterocycles. The van der Waals surface area contributed by atoms with Crippen molar-refractivity contribution in [1.29, 1.82) is 0 Å². The fourth-order valence-electron chi connectivity index (χ4n) is 1.40. The molecule has 0 unspecified atom stereocenters. The number of carbonyl (C=O) groups excluding carboxylic acids is 1. The van der Waals surface area contributed by atoms with Crippen molar-refractivity contribution in [2.45, 2.75) is 11.3 Å². The Morgan fingerprint density at radius 2 is 2.36 bits per heavy atom. The Bertz CT molecular complexity index is 365. The highest BCUT2D eigenvalue weighted by atomic mass is 32.2. The molecule has 1 heterocycles. The van der Waals surface area contributed by atoms with Gasteiger partial charge >= 0.3 is 0 Å². The monoisotopic (exact) mass is 225 g/mol. The number of carbonyl (C=O) groups is 1. The van der Waals surface area contributed by atoms with E-state index in [0.29, 0.717) is 5.75 Å². The Hall–Kier alpha value is -0.610. The Balaban J connectivity index is 2.26. The van der Waals surface area contributed by atoms with Crippen LogP contribution >= 0.6 is 24.4 Å². The van der Waals surface area contributed by atoms with Gasteiger partial charge in [-0.3, -0.25) is 4.79 Å². The summed E-state index contributed by atoms with van der Waals surface area (Å²) in [6.07, 6.45) is 0.977. The molecule has 2 nitrogen and oxygen atoms in total. The highest BCUT2D eigenvalue weighted by Crippen LogP contribution is 2.32. The second kappa shape index (κ2) is 4.28. The van der Waals surface area contributed by atoms with Gasteiger partial charge in [0.2, 0.25) is 5.91 Å². The smallest absolute Gasteiger partial charge is 0.234 e. The van der Waals surface area contributed by atoms with Crippen molar-refractivity contribution >= 4 is 36.0 Å². The molecule has 1 aromatic carbocycles. The summed E-state index contributed by atoms with van der Waals surface area (Å²) in [7, 11) is 0. The lowest BCUT2D eigenvalue weighted by Crippen LogP contribution is -2.18. The number of nitrogens with one attached hydrogen (secondary N) is 1. The number of aryl methyl sites for hydroxylation is 1. The van der Waals surface area contributed by atoms with Gasteiger partial charge in [0.15, 0.2) is 0 Å². The fraction of sp³-hybridized carbons (Fsp3) is 0.300. The molecule has 0 aromatic heterocycles. The van der Waals surface area contributed by atoms with Gasteiger partial charge in [-0.2, -0.15) is 12.6 Å². The summed E-state index contributed by atoms with van der Waals surface area (Å²) in [6.45, 7) is 0. The molecule has 0 bridgehead atoms. The topological polar surface area (TPSA) is 29.1 Å². The van der Waals surface area contributed by atoms with Gasteiger partial charge in [-0.05, 0) is 29.9 Å². The Labute approximate surface area is 92.9 Å². The lowest BCUT2D eigenvalue weighted by Gasteiger charge is -2.16. The fourth-order valence-corrected chi connectivity index (χ4v) is 2.53. The number of hydrogen-bond acceptors (Lipinski definition) is 3. The zero-order valence-electron chi connectivity index (χ0n) is 7.62. The molecule has 0 fully saturated rings. The molecule has 1 N–H and O–H groups in total. The third-order valence-electron chi connectivity index (χ3n) is 2.08. The standard InChI is InChI=1S/C10H11NOS2/c12-10-6-14-9-5-7(3-4-13)1-2-8(9)11-10/h1-2,5,13H,3-4,6H2,(H,11,12). The number of benzene rings is 1. The second-order valence-corrected chi connectivity index (χ2v) is 4.61.